The highest BCUT2D eigenvalue weighted by Crippen LogP contribution is 2.29. The van der Waals surface area contributed by atoms with Gasteiger partial charge in [-0.05, 0) is 23.9 Å². The van der Waals surface area contributed by atoms with E-state index in [2.05, 4.69) is 50.8 Å². The Morgan fingerprint density at radius 1 is 1.00 bits per heavy atom. The zero-order valence-corrected chi connectivity index (χ0v) is 19.4. The zero-order valence-electron chi connectivity index (χ0n) is 18.6. The summed E-state index contributed by atoms with van der Waals surface area (Å²) in [4.78, 5) is 33.0. The van der Waals surface area contributed by atoms with Crippen molar-refractivity contribution in [3.63, 3.8) is 0 Å². The van der Waals surface area contributed by atoms with Crippen LogP contribution in [-0.2, 0) is 20.9 Å². The van der Waals surface area contributed by atoms with Gasteiger partial charge >= 0.3 is 11.8 Å². The standard InChI is InChI=1S/C24H32N4O3S/c1-19(25-23(29)24(30)28-13-15-31-16-14-28)22(21-8-5-17-32-21)27-11-9-26(10-12-27)18-20-6-3-2-4-7-20/h2-8,17,19,22H,9-16,18H2,1H3,(H,25,29). The van der Waals surface area contributed by atoms with Crippen LogP contribution in [0.3, 0.4) is 0 Å². The second-order valence-electron chi connectivity index (χ2n) is 8.42. The summed E-state index contributed by atoms with van der Waals surface area (Å²) in [5.41, 5.74) is 1.33. The molecule has 7 nitrogen and oxygen atoms in total. The smallest absolute Gasteiger partial charge is 0.312 e. The fourth-order valence-corrected chi connectivity index (χ4v) is 5.46. The number of thiophene rings is 1. The molecule has 1 aromatic carbocycles. The molecule has 32 heavy (non-hydrogen) atoms. The first-order valence-electron chi connectivity index (χ1n) is 11.3. The van der Waals surface area contributed by atoms with Crippen LogP contribution in [0.5, 0.6) is 0 Å². The molecule has 2 aliphatic rings. The van der Waals surface area contributed by atoms with E-state index in [1.165, 1.54) is 10.4 Å². The van der Waals surface area contributed by atoms with E-state index in [-0.39, 0.29) is 12.1 Å². The number of carbonyl (C=O) groups is 2. The normalized spacial score (nSPS) is 20.0. The Balaban J connectivity index is 1.37. The Morgan fingerprint density at radius 2 is 1.72 bits per heavy atom. The fourth-order valence-electron chi connectivity index (χ4n) is 4.50. The van der Waals surface area contributed by atoms with Crippen molar-refractivity contribution in [3.8, 4) is 0 Å². The SMILES string of the molecule is CC(NC(=O)C(=O)N1CCOCC1)C(c1cccs1)N1CCN(Cc2ccccc2)CC1. The zero-order chi connectivity index (χ0) is 22.3. The number of ether oxygens (including phenoxy) is 1. The second kappa shape index (κ2) is 11.0. The van der Waals surface area contributed by atoms with Crippen molar-refractivity contribution < 1.29 is 14.3 Å². The predicted molar refractivity (Wildman–Crippen MR) is 125 cm³/mol. The van der Waals surface area contributed by atoms with E-state index in [1.54, 1.807) is 16.2 Å². The van der Waals surface area contributed by atoms with Gasteiger partial charge in [0, 0.05) is 56.7 Å². The minimum atomic E-state index is -0.524. The van der Waals surface area contributed by atoms with Crippen LogP contribution in [0.25, 0.3) is 0 Å². The summed E-state index contributed by atoms with van der Waals surface area (Å²) in [6.45, 7) is 8.67. The van der Waals surface area contributed by atoms with E-state index < -0.39 is 11.8 Å². The topological polar surface area (TPSA) is 65.1 Å². The predicted octanol–water partition coefficient (Wildman–Crippen LogP) is 1.97. The lowest BCUT2D eigenvalue weighted by Crippen LogP contribution is -2.54. The average molecular weight is 457 g/mol. The molecule has 2 aromatic rings. The van der Waals surface area contributed by atoms with Crippen LogP contribution >= 0.6 is 11.3 Å². The summed E-state index contributed by atoms with van der Waals surface area (Å²) in [6.07, 6.45) is 0. The summed E-state index contributed by atoms with van der Waals surface area (Å²) in [6, 6.07) is 14.6. The molecule has 0 aliphatic carbocycles. The largest absolute Gasteiger partial charge is 0.378 e. The minimum absolute atomic E-state index is 0.0512. The van der Waals surface area contributed by atoms with Crippen LogP contribution in [0.15, 0.2) is 47.8 Å². The number of hydrogen-bond donors (Lipinski definition) is 1. The lowest BCUT2D eigenvalue weighted by Gasteiger charge is -2.41. The molecule has 1 aromatic heterocycles. The van der Waals surface area contributed by atoms with E-state index in [9.17, 15) is 9.59 Å². The fraction of sp³-hybridized carbons (Fsp3) is 0.500. The maximum Gasteiger partial charge on any atom is 0.312 e. The Morgan fingerprint density at radius 3 is 2.38 bits per heavy atom. The summed E-state index contributed by atoms with van der Waals surface area (Å²) in [7, 11) is 0. The molecule has 2 aliphatic heterocycles. The summed E-state index contributed by atoms with van der Waals surface area (Å²) >= 11 is 1.70. The van der Waals surface area contributed by atoms with E-state index >= 15 is 0 Å². The maximum absolute atomic E-state index is 12.7. The van der Waals surface area contributed by atoms with Crippen LogP contribution in [0, 0.1) is 0 Å². The first-order valence-corrected chi connectivity index (χ1v) is 12.2. The highest BCUT2D eigenvalue weighted by atomic mass is 32.1. The number of rotatable bonds is 6. The molecule has 2 unspecified atom stereocenters. The second-order valence-corrected chi connectivity index (χ2v) is 9.40. The third kappa shape index (κ3) is 5.75. The molecule has 0 saturated carbocycles. The number of benzene rings is 1. The average Bonchev–Trinajstić information content (AvgIpc) is 3.35. The number of morpholine rings is 1. The Bertz CT molecular complexity index is 863. The van der Waals surface area contributed by atoms with Crippen LogP contribution in [-0.4, -0.2) is 85.0 Å². The third-order valence-corrected chi connectivity index (χ3v) is 7.15. The number of hydrogen-bond acceptors (Lipinski definition) is 6. The lowest BCUT2D eigenvalue weighted by atomic mass is 10.0. The molecule has 2 amide bonds. The van der Waals surface area contributed by atoms with Crippen LogP contribution < -0.4 is 5.32 Å². The van der Waals surface area contributed by atoms with Gasteiger partial charge in [-0.25, -0.2) is 0 Å². The van der Waals surface area contributed by atoms with Gasteiger partial charge in [0.05, 0.1) is 19.3 Å². The molecule has 4 rings (SSSR count). The van der Waals surface area contributed by atoms with Gasteiger partial charge in [-0.1, -0.05) is 36.4 Å². The number of piperazine rings is 1. The molecular weight excluding hydrogens is 424 g/mol. The van der Waals surface area contributed by atoms with Crippen LogP contribution in [0.4, 0.5) is 0 Å². The summed E-state index contributed by atoms with van der Waals surface area (Å²) in [5, 5.41) is 5.06. The van der Waals surface area contributed by atoms with Gasteiger partial charge in [0.2, 0.25) is 0 Å². The number of amides is 2. The number of nitrogens with one attached hydrogen (secondary N) is 1. The van der Waals surface area contributed by atoms with E-state index in [4.69, 9.17) is 4.74 Å². The molecule has 2 fully saturated rings. The number of carbonyl (C=O) groups excluding carboxylic acids is 2. The third-order valence-electron chi connectivity index (χ3n) is 6.21. The van der Waals surface area contributed by atoms with Gasteiger partial charge in [-0.2, -0.15) is 0 Å². The Labute approximate surface area is 193 Å². The van der Waals surface area contributed by atoms with Gasteiger partial charge in [-0.15, -0.1) is 11.3 Å². The minimum Gasteiger partial charge on any atom is -0.378 e. The highest BCUT2D eigenvalue weighted by Gasteiger charge is 2.33. The monoisotopic (exact) mass is 456 g/mol. The Hall–Kier alpha value is -2.26. The van der Waals surface area contributed by atoms with Gasteiger partial charge in [0.1, 0.15) is 0 Å². The molecule has 0 bridgehead atoms. The molecule has 3 heterocycles. The van der Waals surface area contributed by atoms with Crippen LogP contribution in [0.2, 0.25) is 0 Å². The molecular formula is C24H32N4O3S. The van der Waals surface area contributed by atoms with Gasteiger partial charge in [0.15, 0.2) is 0 Å². The molecule has 1 N–H and O–H groups in total. The molecule has 8 heteroatoms. The van der Waals surface area contributed by atoms with E-state index in [0.29, 0.717) is 26.3 Å². The summed E-state index contributed by atoms with van der Waals surface area (Å²) < 4.78 is 5.29. The van der Waals surface area contributed by atoms with Crippen molar-refractivity contribution >= 4 is 23.2 Å². The van der Waals surface area contributed by atoms with Gasteiger partial charge in [-0.3, -0.25) is 19.4 Å². The van der Waals surface area contributed by atoms with Crippen molar-refractivity contribution in [1.82, 2.24) is 20.0 Å². The van der Waals surface area contributed by atoms with Crippen molar-refractivity contribution in [2.45, 2.75) is 25.6 Å². The van der Waals surface area contributed by atoms with E-state index in [0.717, 1.165) is 32.7 Å². The summed E-state index contributed by atoms with van der Waals surface area (Å²) in [5.74, 6) is -0.985. The number of nitrogens with zero attached hydrogens (tertiary/aromatic N) is 3. The quantitative estimate of drug-likeness (QED) is 0.674. The Kier molecular flexibility index (Phi) is 7.91. The molecule has 2 atom stereocenters. The maximum atomic E-state index is 12.7. The van der Waals surface area contributed by atoms with Crippen LogP contribution in [0.1, 0.15) is 23.4 Å². The molecule has 2 saturated heterocycles. The van der Waals surface area contributed by atoms with E-state index in [1.807, 2.05) is 19.1 Å². The first-order chi connectivity index (χ1) is 15.6. The van der Waals surface area contributed by atoms with Gasteiger partial charge < -0.3 is 15.0 Å². The molecule has 0 radical (unpaired) electrons. The lowest BCUT2D eigenvalue weighted by molar-refractivity contribution is -0.149. The highest BCUT2D eigenvalue weighted by molar-refractivity contribution is 7.10. The van der Waals surface area contributed by atoms with Crippen molar-refractivity contribution in [2.75, 3.05) is 52.5 Å². The van der Waals surface area contributed by atoms with Crippen molar-refractivity contribution in [3.05, 3.63) is 58.3 Å². The van der Waals surface area contributed by atoms with Gasteiger partial charge in [0.25, 0.3) is 0 Å². The molecule has 172 valence electrons. The first kappa shape index (κ1) is 22.9. The van der Waals surface area contributed by atoms with Crippen molar-refractivity contribution in [2.24, 2.45) is 0 Å². The van der Waals surface area contributed by atoms with Crippen molar-refractivity contribution in [1.29, 1.82) is 0 Å². The molecule has 0 spiro atoms.